The summed E-state index contributed by atoms with van der Waals surface area (Å²) in [4.78, 5) is 10.7. The Kier molecular flexibility index (Phi) is 4.16. The van der Waals surface area contributed by atoms with E-state index in [1.165, 1.54) is 18.4 Å². The fourth-order valence-corrected chi connectivity index (χ4v) is 1.54. The third-order valence-corrected chi connectivity index (χ3v) is 2.37. The predicted octanol–water partition coefficient (Wildman–Crippen LogP) is 2.83. The lowest BCUT2D eigenvalue weighted by Crippen LogP contribution is -2.19. The summed E-state index contributed by atoms with van der Waals surface area (Å²) in [6.45, 7) is 4.15. The molecule has 0 atom stereocenters. The molecule has 0 aliphatic rings. The van der Waals surface area contributed by atoms with Crippen LogP contribution in [0.25, 0.3) is 0 Å². The Labute approximate surface area is 90.7 Å². The van der Waals surface area contributed by atoms with Gasteiger partial charge in [-0.3, -0.25) is 0 Å². The Bertz CT molecular complexity index is 347. The average Bonchev–Trinajstić information content (AvgIpc) is 2.18. The molecule has 0 aromatic heterocycles. The Morgan fingerprint density at radius 2 is 2.20 bits per heavy atom. The summed E-state index contributed by atoms with van der Waals surface area (Å²) in [5, 5.41) is 2.60. The Balaban J connectivity index is 2.74. The molecular weight excluding hydrogens is 188 g/mol. The highest BCUT2D eigenvalue weighted by Gasteiger charge is 2.01. The molecule has 1 aromatic rings. The molecule has 0 spiro atoms. The van der Waals surface area contributed by atoms with Gasteiger partial charge in [0.2, 0.25) is 0 Å². The van der Waals surface area contributed by atoms with Crippen LogP contribution in [0.1, 0.15) is 30.9 Å². The summed E-state index contributed by atoms with van der Waals surface area (Å²) in [5.41, 5.74) is 8.22. The zero-order chi connectivity index (χ0) is 11.3. The van der Waals surface area contributed by atoms with Gasteiger partial charge in [-0.2, -0.15) is 0 Å². The Morgan fingerprint density at radius 1 is 1.47 bits per heavy atom. The normalized spacial score (nSPS) is 10.0. The Hall–Kier alpha value is -1.51. The number of hydrogen-bond acceptors (Lipinski definition) is 1. The van der Waals surface area contributed by atoms with Crippen molar-refractivity contribution in [2.75, 3.05) is 5.32 Å². The largest absolute Gasteiger partial charge is 0.351 e. The van der Waals surface area contributed by atoms with Crippen molar-refractivity contribution in [3.05, 3.63) is 29.3 Å². The number of nitrogens with one attached hydrogen (secondary N) is 1. The number of rotatable bonds is 4. The molecule has 0 saturated carbocycles. The molecule has 3 nitrogen and oxygen atoms in total. The van der Waals surface area contributed by atoms with Gasteiger partial charge in [0, 0.05) is 5.69 Å². The molecule has 1 rings (SSSR count). The number of nitrogens with two attached hydrogens (primary N) is 1. The van der Waals surface area contributed by atoms with Gasteiger partial charge in [-0.1, -0.05) is 25.5 Å². The minimum absolute atomic E-state index is 0.514. The first kappa shape index (κ1) is 11.6. The third kappa shape index (κ3) is 3.62. The molecule has 15 heavy (non-hydrogen) atoms. The van der Waals surface area contributed by atoms with Gasteiger partial charge in [0.1, 0.15) is 0 Å². The van der Waals surface area contributed by atoms with Crippen molar-refractivity contribution in [2.24, 2.45) is 5.73 Å². The first-order chi connectivity index (χ1) is 7.13. The van der Waals surface area contributed by atoms with Gasteiger partial charge < -0.3 is 11.1 Å². The van der Waals surface area contributed by atoms with Crippen LogP contribution in [0.3, 0.4) is 0 Å². The maximum Gasteiger partial charge on any atom is 0.316 e. The van der Waals surface area contributed by atoms with Gasteiger partial charge in [0.15, 0.2) is 0 Å². The highest BCUT2D eigenvalue weighted by atomic mass is 16.2. The lowest BCUT2D eigenvalue weighted by atomic mass is 10.0. The molecule has 0 aliphatic carbocycles. The molecule has 1 aromatic carbocycles. The summed E-state index contributed by atoms with van der Waals surface area (Å²) in [5.74, 6) is 0. The number of carbonyl (C=O) groups is 1. The SMILES string of the molecule is CCCCc1ccc(NC(N)=O)c(C)c1. The van der Waals surface area contributed by atoms with Crippen molar-refractivity contribution in [1.29, 1.82) is 0 Å². The summed E-state index contributed by atoms with van der Waals surface area (Å²) in [6, 6.07) is 5.53. The lowest BCUT2D eigenvalue weighted by molar-refractivity contribution is 0.259. The van der Waals surface area contributed by atoms with E-state index in [2.05, 4.69) is 18.3 Å². The second-order valence-electron chi connectivity index (χ2n) is 3.74. The van der Waals surface area contributed by atoms with Gasteiger partial charge >= 0.3 is 6.03 Å². The number of benzene rings is 1. The summed E-state index contributed by atoms with van der Waals surface area (Å²) in [6.07, 6.45) is 3.48. The van der Waals surface area contributed by atoms with Crippen LogP contribution >= 0.6 is 0 Å². The fourth-order valence-electron chi connectivity index (χ4n) is 1.54. The summed E-state index contributed by atoms with van der Waals surface area (Å²) >= 11 is 0. The van der Waals surface area contributed by atoms with Crippen LogP contribution in [0, 0.1) is 6.92 Å². The van der Waals surface area contributed by atoms with Crippen molar-refractivity contribution in [2.45, 2.75) is 33.1 Å². The van der Waals surface area contributed by atoms with Crippen molar-refractivity contribution in [3.8, 4) is 0 Å². The smallest absolute Gasteiger partial charge is 0.316 e. The number of aryl methyl sites for hydroxylation is 2. The van der Waals surface area contributed by atoms with E-state index in [4.69, 9.17) is 5.73 Å². The predicted molar refractivity (Wildman–Crippen MR) is 63.0 cm³/mol. The molecule has 0 aliphatic heterocycles. The fraction of sp³-hybridized carbons (Fsp3) is 0.417. The molecule has 0 radical (unpaired) electrons. The van der Waals surface area contributed by atoms with Crippen LogP contribution in [0.4, 0.5) is 10.5 Å². The number of unbranched alkanes of at least 4 members (excludes halogenated alkanes) is 1. The number of amides is 2. The summed E-state index contributed by atoms with van der Waals surface area (Å²) < 4.78 is 0. The lowest BCUT2D eigenvalue weighted by Gasteiger charge is -2.08. The molecule has 3 heteroatoms. The molecule has 0 unspecified atom stereocenters. The number of urea groups is 1. The Morgan fingerprint density at radius 3 is 2.73 bits per heavy atom. The van der Waals surface area contributed by atoms with E-state index >= 15 is 0 Å². The molecule has 0 heterocycles. The minimum Gasteiger partial charge on any atom is -0.351 e. The van der Waals surface area contributed by atoms with E-state index < -0.39 is 6.03 Å². The van der Waals surface area contributed by atoms with Crippen LogP contribution < -0.4 is 11.1 Å². The van der Waals surface area contributed by atoms with E-state index in [1.54, 1.807) is 0 Å². The zero-order valence-corrected chi connectivity index (χ0v) is 9.34. The second-order valence-corrected chi connectivity index (χ2v) is 3.74. The van der Waals surface area contributed by atoms with Crippen molar-refractivity contribution < 1.29 is 4.79 Å². The monoisotopic (exact) mass is 206 g/mol. The molecule has 3 N–H and O–H groups in total. The molecule has 0 bridgehead atoms. The standard InChI is InChI=1S/C12H18N2O/c1-3-4-5-10-6-7-11(9(2)8-10)14-12(13)15/h6-8H,3-5H2,1-2H3,(H3,13,14,15). The number of primary amides is 1. The summed E-state index contributed by atoms with van der Waals surface area (Å²) in [7, 11) is 0. The molecule has 0 saturated heterocycles. The maximum absolute atomic E-state index is 10.7. The quantitative estimate of drug-likeness (QED) is 0.782. The first-order valence-electron chi connectivity index (χ1n) is 5.29. The number of anilines is 1. The minimum atomic E-state index is -0.514. The van der Waals surface area contributed by atoms with Gasteiger partial charge in [-0.05, 0) is 37.0 Å². The van der Waals surface area contributed by atoms with Crippen molar-refractivity contribution in [3.63, 3.8) is 0 Å². The van der Waals surface area contributed by atoms with E-state index in [0.717, 1.165) is 17.7 Å². The number of carbonyl (C=O) groups excluding carboxylic acids is 1. The zero-order valence-electron chi connectivity index (χ0n) is 9.34. The topological polar surface area (TPSA) is 55.1 Å². The molecule has 0 fully saturated rings. The van der Waals surface area contributed by atoms with E-state index in [9.17, 15) is 4.79 Å². The highest BCUT2D eigenvalue weighted by molar-refractivity contribution is 5.88. The van der Waals surface area contributed by atoms with Gasteiger partial charge in [-0.25, -0.2) is 4.79 Å². The van der Waals surface area contributed by atoms with Crippen LogP contribution in [-0.4, -0.2) is 6.03 Å². The van der Waals surface area contributed by atoms with Crippen LogP contribution in [-0.2, 0) is 6.42 Å². The molecule has 2 amide bonds. The maximum atomic E-state index is 10.7. The van der Waals surface area contributed by atoms with Crippen LogP contribution in [0.2, 0.25) is 0 Å². The van der Waals surface area contributed by atoms with Gasteiger partial charge in [0.05, 0.1) is 0 Å². The second kappa shape index (κ2) is 5.39. The van der Waals surface area contributed by atoms with Crippen LogP contribution in [0.5, 0.6) is 0 Å². The molecular formula is C12H18N2O. The van der Waals surface area contributed by atoms with Gasteiger partial charge in [-0.15, -0.1) is 0 Å². The van der Waals surface area contributed by atoms with E-state index in [0.29, 0.717) is 0 Å². The molecule has 82 valence electrons. The third-order valence-electron chi connectivity index (χ3n) is 2.37. The van der Waals surface area contributed by atoms with Crippen molar-refractivity contribution in [1.82, 2.24) is 0 Å². The first-order valence-corrected chi connectivity index (χ1v) is 5.29. The van der Waals surface area contributed by atoms with Crippen LogP contribution in [0.15, 0.2) is 18.2 Å². The van der Waals surface area contributed by atoms with E-state index in [-0.39, 0.29) is 0 Å². The van der Waals surface area contributed by atoms with E-state index in [1.807, 2.05) is 19.1 Å². The number of hydrogen-bond donors (Lipinski definition) is 2. The highest BCUT2D eigenvalue weighted by Crippen LogP contribution is 2.17. The average molecular weight is 206 g/mol. The van der Waals surface area contributed by atoms with Crippen molar-refractivity contribution >= 4 is 11.7 Å². The van der Waals surface area contributed by atoms with Gasteiger partial charge in [0.25, 0.3) is 0 Å².